The predicted molar refractivity (Wildman–Crippen MR) is 111 cm³/mol. The fourth-order valence-electron chi connectivity index (χ4n) is 4.01. The lowest BCUT2D eigenvalue weighted by molar-refractivity contribution is -0.146. The quantitative estimate of drug-likeness (QED) is 0.769. The third-order valence-corrected chi connectivity index (χ3v) is 5.75. The summed E-state index contributed by atoms with van der Waals surface area (Å²) in [5.41, 5.74) is 8.16. The number of pyridine rings is 1. The highest BCUT2D eigenvalue weighted by atomic mass is 19.1. The minimum Gasteiger partial charge on any atom is -0.383 e. The van der Waals surface area contributed by atoms with Crippen LogP contribution in [0.3, 0.4) is 0 Å². The summed E-state index contributed by atoms with van der Waals surface area (Å²) in [6.45, 7) is 2.55. The van der Waals surface area contributed by atoms with E-state index in [0.717, 1.165) is 36.8 Å². The van der Waals surface area contributed by atoms with Crippen LogP contribution in [0.1, 0.15) is 57.1 Å². The topological polar surface area (TPSA) is 88.3 Å². The number of rotatable bonds is 3. The molecule has 1 aliphatic heterocycles. The highest BCUT2D eigenvalue weighted by Crippen LogP contribution is 2.42. The number of nitrogens with one attached hydrogen (secondary N) is 1. The molecule has 1 aliphatic carbocycles. The summed E-state index contributed by atoms with van der Waals surface area (Å²) >= 11 is 0. The molecule has 0 radical (unpaired) electrons. The minimum absolute atomic E-state index is 0. The van der Waals surface area contributed by atoms with Gasteiger partial charge < -0.3 is 16.0 Å². The Hall–Kier alpha value is -2.96. The SMILES string of the molecule is C[C@H]1CC[C@H](c2ccc(F)cc2)N(C(=O)C(=O)Nc2cnc(N)c(C3CC3)c2)C1.[HH]. The van der Waals surface area contributed by atoms with Gasteiger partial charge in [0.05, 0.1) is 17.9 Å². The Morgan fingerprint density at radius 2 is 1.93 bits per heavy atom. The van der Waals surface area contributed by atoms with Crippen molar-refractivity contribution in [2.45, 2.75) is 44.6 Å². The molecule has 7 heteroatoms. The first kappa shape index (κ1) is 19.4. The normalized spacial score (nSPS) is 21.7. The van der Waals surface area contributed by atoms with Crippen molar-refractivity contribution in [3.8, 4) is 0 Å². The molecule has 2 aliphatic rings. The van der Waals surface area contributed by atoms with Gasteiger partial charge in [-0.25, -0.2) is 9.37 Å². The molecule has 1 saturated carbocycles. The second-order valence-electron chi connectivity index (χ2n) is 8.13. The molecule has 4 rings (SSSR count). The minimum atomic E-state index is -0.695. The second kappa shape index (κ2) is 7.81. The van der Waals surface area contributed by atoms with E-state index in [1.165, 1.54) is 18.3 Å². The molecule has 1 saturated heterocycles. The summed E-state index contributed by atoms with van der Waals surface area (Å²) in [6.07, 6.45) is 5.28. The fourth-order valence-corrected chi connectivity index (χ4v) is 4.01. The Morgan fingerprint density at radius 3 is 2.62 bits per heavy atom. The molecule has 2 amide bonds. The van der Waals surface area contributed by atoms with Crippen LogP contribution < -0.4 is 11.1 Å². The maximum absolute atomic E-state index is 13.3. The van der Waals surface area contributed by atoms with Crippen LogP contribution in [0.15, 0.2) is 36.5 Å². The molecule has 1 aromatic heterocycles. The summed E-state index contributed by atoms with van der Waals surface area (Å²) in [7, 11) is 0. The number of nitrogens with zero attached hydrogens (tertiary/aromatic N) is 2. The summed E-state index contributed by atoms with van der Waals surface area (Å²) < 4.78 is 13.3. The molecule has 2 heterocycles. The van der Waals surface area contributed by atoms with Crippen molar-refractivity contribution in [3.63, 3.8) is 0 Å². The van der Waals surface area contributed by atoms with Crippen LogP contribution >= 0.6 is 0 Å². The third kappa shape index (κ3) is 4.23. The van der Waals surface area contributed by atoms with E-state index in [-0.39, 0.29) is 13.3 Å². The second-order valence-corrected chi connectivity index (χ2v) is 8.13. The first-order valence-corrected chi connectivity index (χ1v) is 10.0. The van der Waals surface area contributed by atoms with Crippen LogP contribution in [0, 0.1) is 11.7 Å². The van der Waals surface area contributed by atoms with Crippen molar-refractivity contribution in [1.29, 1.82) is 0 Å². The number of piperidine rings is 1. The first-order valence-electron chi connectivity index (χ1n) is 10.0. The zero-order valence-electron chi connectivity index (χ0n) is 16.4. The van der Waals surface area contributed by atoms with Crippen molar-refractivity contribution in [2.24, 2.45) is 5.92 Å². The highest BCUT2D eigenvalue weighted by Gasteiger charge is 2.34. The van der Waals surface area contributed by atoms with Crippen LogP contribution in [-0.4, -0.2) is 28.2 Å². The standard InChI is InChI=1S/C22H25FN4O2.H2/c1-13-2-9-19(15-5-7-16(23)8-6-15)27(12-13)22(29)21(28)26-17-10-18(14-3-4-14)20(24)25-11-17;/h5-8,10-11,13-14,19H,2-4,9,12H2,1H3,(H2,24,25)(H,26,28);1H/t13-,19+;/m0./s1. The number of aromatic nitrogens is 1. The molecule has 6 nitrogen and oxygen atoms in total. The molecule has 0 unspecified atom stereocenters. The molecule has 1 aromatic carbocycles. The number of hydrogen-bond acceptors (Lipinski definition) is 4. The van der Waals surface area contributed by atoms with Gasteiger partial charge in [0.2, 0.25) is 0 Å². The number of carbonyl (C=O) groups excluding carboxylic acids is 2. The number of likely N-dealkylation sites (tertiary alicyclic amines) is 1. The van der Waals surface area contributed by atoms with E-state index in [9.17, 15) is 14.0 Å². The molecule has 0 spiro atoms. The van der Waals surface area contributed by atoms with Gasteiger partial charge in [-0.15, -0.1) is 0 Å². The van der Waals surface area contributed by atoms with E-state index < -0.39 is 11.8 Å². The number of carbonyl (C=O) groups is 2. The van der Waals surface area contributed by atoms with E-state index in [1.807, 2.05) is 6.07 Å². The maximum atomic E-state index is 13.3. The maximum Gasteiger partial charge on any atom is 0.313 e. The van der Waals surface area contributed by atoms with Gasteiger partial charge in [-0.3, -0.25) is 9.59 Å². The van der Waals surface area contributed by atoms with Crippen LogP contribution in [-0.2, 0) is 9.59 Å². The lowest BCUT2D eigenvalue weighted by atomic mass is 9.90. The number of hydrogen-bond donors (Lipinski definition) is 2. The first-order chi connectivity index (χ1) is 13.9. The van der Waals surface area contributed by atoms with Crippen molar-refractivity contribution in [3.05, 3.63) is 53.5 Å². The van der Waals surface area contributed by atoms with Gasteiger partial charge in [0.1, 0.15) is 11.6 Å². The largest absolute Gasteiger partial charge is 0.383 e. The monoisotopic (exact) mass is 398 g/mol. The van der Waals surface area contributed by atoms with Crippen molar-refractivity contribution in [1.82, 2.24) is 9.88 Å². The smallest absolute Gasteiger partial charge is 0.313 e. The summed E-state index contributed by atoms with van der Waals surface area (Å²) in [5.74, 6) is -0.451. The van der Waals surface area contributed by atoms with E-state index in [0.29, 0.717) is 29.9 Å². The highest BCUT2D eigenvalue weighted by molar-refractivity contribution is 6.39. The third-order valence-electron chi connectivity index (χ3n) is 5.75. The summed E-state index contributed by atoms with van der Waals surface area (Å²) in [6, 6.07) is 7.70. The molecule has 2 aromatic rings. The predicted octanol–water partition coefficient (Wildman–Crippen LogP) is 3.86. The number of nitrogen functional groups attached to an aromatic ring is 1. The number of nitrogens with two attached hydrogens (primary N) is 1. The molecule has 29 heavy (non-hydrogen) atoms. The zero-order valence-corrected chi connectivity index (χ0v) is 16.4. The van der Waals surface area contributed by atoms with E-state index in [1.54, 1.807) is 17.0 Å². The van der Waals surface area contributed by atoms with Crippen LogP contribution in [0.4, 0.5) is 15.9 Å². The zero-order chi connectivity index (χ0) is 20.5. The van der Waals surface area contributed by atoms with Crippen molar-refractivity contribution >= 4 is 23.3 Å². The molecular weight excluding hydrogens is 371 g/mol. The molecule has 2 atom stereocenters. The van der Waals surface area contributed by atoms with Gasteiger partial charge in [0.15, 0.2) is 0 Å². The number of anilines is 2. The van der Waals surface area contributed by atoms with E-state index >= 15 is 0 Å². The molecular formula is C22H27FN4O2. The Labute approximate surface area is 170 Å². The lowest BCUT2D eigenvalue weighted by Crippen LogP contribution is -2.46. The Morgan fingerprint density at radius 1 is 1.21 bits per heavy atom. The fraction of sp³-hybridized carbons (Fsp3) is 0.409. The van der Waals surface area contributed by atoms with Crippen molar-refractivity contribution < 1.29 is 15.4 Å². The molecule has 0 bridgehead atoms. The van der Waals surface area contributed by atoms with Crippen molar-refractivity contribution in [2.75, 3.05) is 17.6 Å². The van der Waals surface area contributed by atoms with Gasteiger partial charge in [-0.2, -0.15) is 0 Å². The number of amides is 2. The number of halogens is 1. The molecule has 2 fully saturated rings. The van der Waals surface area contributed by atoms with Crippen LogP contribution in [0.5, 0.6) is 0 Å². The number of benzene rings is 1. The Balaban J connectivity index is 0.00000256. The van der Waals surface area contributed by atoms with Gasteiger partial charge in [0.25, 0.3) is 0 Å². The van der Waals surface area contributed by atoms with Gasteiger partial charge >= 0.3 is 11.8 Å². The van der Waals surface area contributed by atoms with Crippen LogP contribution in [0.25, 0.3) is 0 Å². The van der Waals surface area contributed by atoms with E-state index in [2.05, 4.69) is 17.2 Å². The summed E-state index contributed by atoms with van der Waals surface area (Å²) in [5, 5.41) is 2.68. The van der Waals surface area contributed by atoms with Crippen LogP contribution in [0.2, 0.25) is 0 Å². The van der Waals surface area contributed by atoms with E-state index in [4.69, 9.17) is 5.73 Å². The molecule has 3 N–H and O–H groups in total. The van der Waals surface area contributed by atoms with Gasteiger partial charge in [0, 0.05) is 7.97 Å². The van der Waals surface area contributed by atoms with Gasteiger partial charge in [-0.05, 0) is 66.8 Å². The lowest BCUT2D eigenvalue weighted by Gasteiger charge is -2.38. The Kier molecular flexibility index (Phi) is 5.22. The Bertz CT molecular complexity index is 933. The van der Waals surface area contributed by atoms with Gasteiger partial charge in [-0.1, -0.05) is 19.1 Å². The summed E-state index contributed by atoms with van der Waals surface area (Å²) in [4.78, 5) is 31.5. The average molecular weight is 398 g/mol. The molecule has 154 valence electrons. The average Bonchev–Trinajstić information content (AvgIpc) is 3.55.